The average Bonchev–Trinajstić information content (AvgIpc) is 2.99. The van der Waals surface area contributed by atoms with Crippen LogP contribution in [0.4, 0.5) is 0 Å². The molecule has 0 bridgehead atoms. The van der Waals surface area contributed by atoms with Gasteiger partial charge in [-0.05, 0) is 39.5 Å². The number of rotatable bonds is 3. The van der Waals surface area contributed by atoms with Crippen LogP contribution in [0.15, 0.2) is 15.8 Å². The van der Waals surface area contributed by atoms with Gasteiger partial charge in [-0.1, -0.05) is 0 Å². The Bertz CT molecular complexity index is 576. The van der Waals surface area contributed by atoms with E-state index in [1.807, 2.05) is 13.8 Å². The molecule has 0 spiro atoms. The molecule has 1 aromatic heterocycles. The fourth-order valence-electron chi connectivity index (χ4n) is 2.22. The highest BCUT2D eigenvalue weighted by Crippen LogP contribution is 2.42. The second-order valence-corrected chi connectivity index (χ2v) is 5.13. The largest absolute Gasteiger partial charge is 0.328 e. The van der Waals surface area contributed by atoms with Crippen molar-refractivity contribution >= 4 is 5.78 Å². The Kier molecular flexibility index (Phi) is 2.56. The average molecular weight is 236 g/mol. The fourth-order valence-corrected chi connectivity index (χ4v) is 2.22. The third-order valence-corrected chi connectivity index (χ3v) is 3.51. The minimum absolute atomic E-state index is 0.0401. The van der Waals surface area contributed by atoms with Gasteiger partial charge in [0.25, 0.3) is 5.56 Å². The summed E-state index contributed by atoms with van der Waals surface area (Å²) in [6.07, 6.45) is 3.23. The molecule has 2 rings (SSSR count). The van der Waals surface area contributed by atoms with E-state index in [0.717, 1.165) is 12.8 Å². The Morgan fingerprint density at radius 3 is 2.47 bits per heavy atom. The molecule has 0 atom stereocenters. The predicted molar refractivity (Wildman–Crippen MR) is 63.4 cm³/mol. The van der Waals surface area contributed by atoms with Gasteiger partial charge in [0.1, 0.15) is 0 Å². The van der Waals surface area contributed by atoms with E-state index in [4.69, 9.17) is 0 Å². The molecule has 1 N–H and O–H groups in total. The molecule has 1 heterocycles. The van der Waals surface area contributed by atoms with Crippen LogP contribution in [0.3, 0.4) is 0 Å². The van der Waals surface area contributed by atoms with E-state index in [1.165, 1.54) is 17.7 Å². The highest BCUT2D eigenvalue weighted by molar-refractivity contribution is 5.93. The number of nitrogens with zero attached hydrogens (tertiary/aromatic N) is 1. The molecule has 5 nitrogen and oxygen atoms in total. The van der Waals surface area contributed by atoms with E-state index in [1.54, 1.807) is 0 Å². The van der Waals surface area contributed by atoms with E-state index in [9.17, 15) is 14.4 Å². The van der Waals surface area contributed by atoms with Crippen LogP contribution in [-0.2, 0) is 5.54 Å². The highest BCUT2D eigenvalue weighted by atomic mass is 16.2. The lowest BCUT2D eigenvalue weighted by Crippen LogP contribution is -2.48. The molecule has 5 heteroatoms. The van der Waals surface area contributed by atoms with Crippen molar-refractivity contribution < 1.29 is 4.79 Å². The second kappa shape index (κ2) is 3.68. The van der Waals surface area contributed by atoms with Crippen LogP contribution in [-0.4, -0.2) is 15.3 Å². The van der Waals surface area contributed by atoms with Gasteiger partial charge in [0.05, 0.1) is 5.56 Å². The zero-order valence-corrected chi connectivity index (χ0v) is 10.2. The minimum Gasteiger partial charge on any atom is -0.313 e. The van der Waals surface area contributed by atoms with E-state index in [0.29, 0.717) is 5.92 Å². The van der Waals surface area contributed by atoms with Crippen molar-refractivity contribution in [2.24, 2.45) is 5.92 Å². The Hall–Kier alpha value is -1.65. The lowest BCUT2D eigenvalue weighted by molar-refractivity contribution is 0.101. The molecule has 0 amide bonds. The number of aromatic nitrogens is 2. The van der Waals surface area contributed by atoms with Crippen LogP contribution in [0.2, 0.25) is 0 Å². The molecule has 92 valence electrons. The van der Waals surface area contributed by atoms with E-state index < -0.39 is 16.8 Å². The number of hydrogen-bond acceptors (Lipinski definition) is 3. The molecule has 1 fully saturated rings. The number of ketones is 1. The molecule has 1 aliphatic rings. The molecule has 0 radical (unpaired) electrons. The first kappa shape index (κ1) is 11.8. The maximum atomic E-state index is 12.1. The first-order valence-corrected chi connectivity index (χ1v) is 5.72. The van der Waals surface area contributed by atoms with Crippen LogP contribution < -0.4 is 11.2 Å². The van der Waals surface area contributed by atoms with Crippen LogP contribution in [0.5, 0.6) is 0 Å². The molecule has 1 aromatic rings. The number of carbonyl (C=O) groups is 1. The van der Waals surface area contributed by atoms with Crippen molar-refractivity contribution in [3.8, 4) is 0 Å². The number of aromatic amines is 1. The van der Waals surface area contributed by atoms with Gasteiger partial charge in [-0.15, -0.1) is 0 Å². The van der Waals surface area contributed by atoms with Crippen molar-refractivity contribution in [1.29, 1.82) is 0 Å². The molecule has 0 saturated heterocycles. The Morgan fingerprint density at radius 1 is 1.41 bits per heavy atom. The topological polar surface area (TPSA) is 71.9 Å². The summed E-state index contributed by atoms with van der Waals surface area (Å²) in [5.41, 5.74) is -1.43. The van der Waals surface area contributed by atoms with Crippen molar-refractivity contribution in [3.63, 3.8) is 0 Å². The Labute approximate surface area is 98.5 Å². The number of carbonyl (C=O) groups excluding carboxylic acids is 1. The summed E-state index contributed by atoms with van der Waals surface area (Å²) in [7, 11) is 0. The van der Waals surface area contributed by atoms with Gasteiger partial charge in [-0.25, -0.2) is 4.79 Å². The van der Waals surface area contributed by atoms with Crippen LogP contribution >= 0.6 is 0 Å². The van der Waals surface area contributed by atoms with Gasteiger partial charge in [0.2, 0.25) is 0 Å². The van der Waals surface area contributed by atoms with Crippen molar-refractivity contribution in [1.82, 2.24) is 9.55 Å². The lowest BCUT2D eigenvalue weighted by Gasteiger charge is -2.26. The zero-order chi connectivity index (χ0) is 12.8. The standard InChI is InChI=1S/C12H16N2O3/c1-7(15)9-6-13-11(17)14(10(9)16)12(2,3)8-4-5-8/h6,8H,4-5H2,1-3H3,(H,13,17). The Balaban J connectivity index is 2.68. The summed E-state index contributed by atoms with van der Waals surface area (Å²) < 4.78 is 1.18. The summed E-state index contributed by atoms with van der Waals surface area (Å²) in [5, 5.41) is 0. The molecule has 1 aliphatic carbocycles. The number of hydrogen-bond donors (Lipinski definition) is 1. The van der Waals surface area contributed by atoms with Crippen molar-refractivity contribution in [2.75, 3.05) is 0 Å². The highest BCUT2D eigenvalue weighted by Gasteiger charge is 2.41. The van der Waals surface area contributed by atoms with E-state index in [2.05, 4.69) is 4.98 Å². The summed E-state index contributed by atoms with van der Waals surface area (Å²) in [4.78, 5) is 37.7. The van der Waals surface area contributed by atoms with Gasteiger partial charge in [0, 0.05) is 11.7 Å². The maximum Gasteiger partial charge on any atom is 0.328 e. The van der Waals surface area contributed by atoms with Crippen molar-refractivity contribution in [2.45, 2.75) is 39.2 Å². The smallest absolute Gasteiger partial charge is 0.313 e. The van der Waals surface area contributed by atoms with Crippen LogP contribution in [0.25, 0.3) is 0 Å². The second-order valence-electron chi connectivity index (χ2n) is 5.13. The lowest BCUT2D eigenvalue weighted by atomic mass is 9.98. The van der Waals surface area contributed by atoms with Gasteiger partial charge < -0.3 is 4.98 Å². The normalized spacial score (nSPS) is 15.9. The third-order valence-electron chi connectivity index (χ3n) is 3.51. The van der Waals surface area contributed by atoms with Crippen molar-refractivity contribution in [3.05, 3.63) is 32.6 Å². The van der Waals surface area contributed by atoms with E-state index >= 15 is 0 Å². The number of nitrogens with one attached hydrogen (secondary N) is 1. The fraction of sp³-hybridized carbons (Fsp3) is 0.583. The minimum atomic E-state index is -0.532. The summed E-state index contributed by atoms with van der Waals surface area (Å²) in [5.74, 6) is 0.00936. The van der Waals surface area contributed by atoms with E-state index in [-0.39, 0.29) is 11.3 Å². The van der Waals surface area contributed by atoms with Gasteiger partial charge >= 0.3 is 5.69 Å². The third kappa shape index (κ3) is 1.85. The molecule has 0 aliphatic heterocycles. The Morgan fingerprint density at radius 2 is 2.00 bits per heavy atom. The quantitative estimate of drug-likeness (QED) is 0.792. The molecule has 0 aromatic carbocycles. The summed E-state index contributed by atoms with van der Waals surface area (Å²) in [6, 6.07) is 0. The monoisotopic (exact) mass is 236 g/mol. The molecule has 1 saturated carbocycles. The van der Waals surface area contributed by atoms with Gasteiger partial charge in [-0.2, -0.15) is 0 Å². The first-order chi connectivity index (χ1) is 7.85. The maximum absolute atomic E-state index is 12.1. The number of Topliss-reactive ketones (excluding diaryl/α,β-unsaturated/α-hetero) is 1. The van der Waals surface area contributed by atoms with Crippen LogP contribution in [0, 0.1) is 5.92 Å². The zero-order valence-electron chi connectivity index (χ0n) is 10.2. The predicted octanol–water partition coefficient (Wildman–Crippen LogP) is 0.884. The summed E-state index contributed by atoms with van der Waals surface area (Å²) >= 11 is 0. The molecular formula is C12H16N2O3. The molecule has 17 heavy (non-hydrogen) atoms. The summed E-state index contributed by atoms with van der Waals surface area (Å²) in [6.45, 7) is 5.06. The van der Waals surface area contributed by atoms with Gasteiger partial charge in [0.15, 0.2) is 5.78 Å². The van der Waals surface area contributed by atoms with Gasteiger partial charge in [-0.3, -0.25) is 14.2 Å². The number of H-pyrrole nitrogens is 1. The molecular weight excluding hydrogens is 220 g/mol. The first-order valence-electron chi connectivity index (χ1n) is 5.72. The molecule has 0 unspecified atom stereocenters. The SMILES string of the molecule is CC(=O)c1c[nH]c(=O)n(C(C)(C)C2CC2)c1=O. The van der Waals surface area contributed by atoms with Crippen LogP contribution in [0.1, 0.15) is 44.0 Å².